The molecule has 1 fully saturated rings. The number of fused-ring (bicyclic) bond motifs is 1. The van der Waals surface area contributed by atoms with Gasteiger partial charge in [0.15, 0.2) is 10.2 Å². The lowest BCUT2D eigenvalue weighted by Crippen LogP contribution is -2.32. The van der Waals surface area contributed by atoms with Gasteiger partial charge in [0.2, 0.25) is 0 Å². The van der Waals surface area contributed by atoms with Gasteiger partial charge in [-0.05, 0) is 31.2 Å². The van der Waals surface area contributed by atoms with Gasteiger partial charge in [0.05, 0.1) is 0 Å². The molecule has 2 aromatic heterocycles. The lowest BCUT2D eigenvalue weighted by molar-refractivity contribution is 0.575. The Morgan fingerprint density at radius 1 is 1.50 bits per heavy atom. The molecule has 0 bridgehead atoms. The van der Waals surface area contributed by atoms with Gasteiger partial charge < -0.3 is 0 Å². The van der Waals surface area contributed by atoms with Gasteiger partial charge in [0.1, 0.15) is 5.65 Å². The van der Waals surface area contributed by atoms with Gasteiger partial charge in [0, 0.05) is 17.5 Å². The number of nitrogens with one attached hydrogen (secondary N) is 1. The first-order chi connectivity index (χ1) is 9.47. The predicted molar refractivity (Wildman–Crippen MR) is 80.9 cm³/mol. The molecule has 2 aromatic rings. The van der Waals surface area contributed by atoms with E-state index in [0.717, 1.165) is 12.8 Å². The molecule has 5 nitrogen and oxygen atoms in total. The monoisotopic (exact) mass is 331 g/mol. The second kappa shape index (κ2) is 4.91. The van der Waals surface area contributed by atoms with Crippen LogP contribution in [0.5, 0.6) is 0 Å². The number of nitrogens with zero attached hydrogens (tertiary/aromatic N) is 2. The zero-order chi connectivity index (χ0) is 14.4. The smallest absolute Gasteiger partial charge is 0.259 e. The molecule has 0 spiro atoms. The van der Waals surface area contributed by atoms with Crippen LogP contribution in [0.2, 0.25) is 5.15 Å². The van der Waals surface area contributed by atoms with Crippen molar-refractivity contribution < 1.29 is 8.42 Å². The summed E-state index contributed by atoms with van der Waals surface area (Å²) in [7, 11) is -3.67. The summed E-state index contributed by atoms with van der Waals surface area (Å²) in [5.41, 5.74) is 0.517. The maximum Gasteiger partial charge on any atom is 0.259 e. The average molecular weight is 332 g/mol. The third kappa shape index (κ3) is 2.43. The third-order valence-electron chi connectivity index (χ3n) is 3.53. The minimum Gasteiger partial charge on any atom is -0.288 e. The van der Waals surface area contributed by atoms with Crippen molar-refractivity contribution in [3.05, 3.63) is 29.5 Å². The number of aromatic nitrogens is 2. The number of hydrogen-bond acceptors (Lipinski definition) is 4. The van der Waals surface area contributed by atoms with E-state index in [-0.39, 0.29) is 14.9 Å². The Morgan fingerprint density at radius 2 is 2.25 bits per heavy atom. The molecule has 1 N–H and O–H groups in total. The molecular weight excluding hydrogens is 318 g/mol. The molecule has 1 aliphatic carbocycles. The highest BCUT2D eigenvalue weighted by atomic mass is 35.5. The van der Waals surface area contributed by atoms with Crippen LogP contribution in [0.3, 0.4) is 0 Å². The molecule has 2 heterocycles. The van der Waals surface area contributed by atoms with Crippen molar-refractivity contribution in [2.45, 2.75) is 22.6 Å². The Balaban J connectivity index is 1.95. The lowest BCUT2D eigenvalue weighted by atomic mass is 10.4. The quantitative estimate of drug-likeness (QED) is 0.912. The van der Waals surface area contributed by atoms with Crippen LogP contribution in [0, 0.1) is 0 Å². The van der Waals surface area contributed by atoms with Crippen LogP contribution in [-0.2, 0) is 10.0 Å². The van der Waals surface area contributed by atoms with Gasteiger partial charge in [-0.2, -0.15) is 11.8 Å². The fourth-order valence-corrected chi connectivity index (χ4v) is 4.66. The van der Waals surface area contributed by atoms with Crippen molar-refractivity contribution in [3.8, 4) is 0 Å². The normalized spacial score (nSPS) is 17.5. The van der Waals surface area contributed by atoms with Crippen LogP contribution < -0.4 is 4.72 Å². The lowest BCUT2D eigenvalue weighted by Gasteiger charge is -2.13. The molecule has 3 rings (SSSR count). The van der Waals surface area contributed by atoms with E-state index < -0.39 is 10.0 Å². The van der Waals surface area contributed by atoms with Crippen molar-refractivity contribution in [2.75, 3.05) is 12.8 Å². The molecule has 0 unspecified atom stereocenters. The van der Waals surface area contributed by atoms with E-state index in [1.165, 1.54) is 4.40 Å². The van der Waals surface area contributed by atoms with E-state index >= 15 is 0 Å². The molecule has 0 amide bonds. The van der Waals surface area contributed by atoms with Crippen molar-refractivity contribution in [1.82, 2.24) is 14.1 Å². The predicted octanol–water partition coefficient (Wildman–Crippen LogP) is 2.16. The molecule has 0 aromatic carbocycles. The minimum absolute atomic E-state index is 0.00213. The van der Waals surface area contributed by atoms with E-state index in [4.69, 9.17) is 11.6 Å². The van der Waals surface area contributed by atoms with Crippen LogP contribution in [0.25, 0.3) is 5.65 Å². The van der Waals surface area contributed by atoms with E-state index in [1.54, 1.807) is 36.2 Å². The summed E-state index contributed by atoms with van der Waals surface area (Å²) in [5.74, 6) is 0. The fraction of sp³-hybridized carbons (Fsp3) is 0.417. The van der Waals surface area contributed by atoms with Crippen LogP contribution in [0.4, 0.5) is 0 Å². The number of pyridine rings is 1. The summed E-state index contributed by atoms with van der Waals surface area (Å²) in [4.78, 5) is 4.06. The summed E-state index contributed by atoms with van der Waals surface area (Å²) in [6.45, 7) is 0.424. The van der Waals surface area contributed by atoms with Gasteiger partial charge in [-0.1, -0.05) is 17.7 Å². The number of imidazole rings is 1. The number of sulfonamides is 1. The van der Waals surface area contributed by atoms with E-state index in [2.05, 4.69) is 9.71 Å². The summed E-state index contributed by atoms with van der Waals surface area (Å²) in [6, 6.07) is 5.25. The molecule has 1 aliphatic rings. The maximum atomic E-state index is 12.5. The first-order valence-corrected chi connectivity index (χ1v) is 9.23. The van der Waals surface area contributed by atoms with Crippen molar-refractivity contribution in [1.29, 1.82) is 0 Å². The summed E-state index contributed by atoms with van der Waals surface area (Å²) >= 11 is 7.70. The molecule has 0 saturated heterocycles. The van der Waals surface area contributed by atoms with Crippen molar-refractivity contribution in [3.63, 3.8) is 0 Å². The molecule has 108 valence electrons. The Kier molecular flexibility index (Phi) is 3.48. The van der Waals surface area contributed by atoms with Gasteiger partial charge in [-0.25, -0.2) is 18.1 Å². The topological polar surface area (TPSA) is 63.5 Å². The molecule has 20 heavy (non-hydrogen) atoms. The van der Waals surface area contributed by atoms with Crippen LogP contribution in [0.15, 0.2) is 29.4 Å². The number of rotatable bonds is 5. The Hall–Kier alpha value is -0.760. The van der Waals surface area contributed by atoms with Crippen molar-refractivity contribution >= 4 is 39.0 Å². The largest absolute Gasteiger partial charge is 0.288 e. The number of hydrogen-bond donors (Lipinski definition) is 1. The maximum absolute atomic E-state index is 12.5. The minimum atomic E-state index is -3.67. The highest BCUT2D eigenvalue weighted by Gasteiger charge is 2.43. The Morgan fingerprint density at radius 3 is 2.90 bits per heavy atom. The van der Waals surface area contributed by atoms with Gasteiger partial charge >= 0.3 is 0 Å². The number of thioether (sulfide) groups is 1. The van der Waals surface area contributed by atoms with Crippen molar-refractivity contribution in [2.24, 2.45) is 0 Å². The summed E-state index contributed by atoms with van der Waals surface area (Å²) < 4.78 is 29.1. The standard InChI is InChI=1S/C12H14ClN3O2S2/c1-19-12(5-6-12)8-14-20(17,18)11-10(13)15-9-4-2-3-7-16(9)11/h2-4,7,14H,5-6,8H2,1H3. The van der Waals surface area contributed by atoms with E-state index in [0.29, 0.717) is 12.2 Å². The second-order valence-electron chi connectivity index (χ2n) is 4.85. The Bertz CT molecular complexity index is 753. The average Bonchev–Trinajstić information content (AvgIpc) is 3.12. The zero-order valence-electron chi connectivity index (χ0n) is 10.8. The molecule has 0 radical (unpaired) electrons. The molecule has 8 heteroatoms. The first kappa shape index (κ1) is 14.2. The first-order valence-electron chi connectivity index (χ1n) is 6.15. The third-order valence-corrected chi connectivity index (χ3v) is 6.74. The molecule has 1 saturated carbocycles. The fourth-order valence-electron chi connectivity index (χ4n) is 2.07. The molecule has 0 atom stereocenters. The second-order valence-corrected chi connectivity index (χ2v) is 8.16. The summed E-state index contributed by atoms with van der Waals surface area (Å²) in [5, 5.41) is 0.00404. The molecular formula is C12H14ClN3O2S2. The van der Waals surface area contributed by atoms with Gasteiger partial charge in [-0.3, -0.25) is 4.40 Å². The van der Waals surface area contributed by atoms with E-state index in [1.807, 2.05) is 6.26 Å². The highest BCUT2D eigenvalue weighted by Crippen LogP contribution is 2.46. The van der Waals surface area contributed by atoms with Crippen LogP contribution in [0.1, 0.15) is 12.8 Å². The summed E-state index contributed by atoms with van der Waals surface area (Å²) in [6.07, 6.45) is 5.72. The zero-order valence-corrected chi connectivity index (χ0v) is 13.2. The SMILES string of the molecule is CSC1(CNS(=O)(=O)c2c(Cl)nc3ccccn23)CC1. The highest BCUT2D eigenvalue weighted by molar-refractivity contribution is 8.00. The van der Waals surface area contributed by atoms with Crippen LogP contribution >= 0.6 is 23.4 Å². The van der Waals surface area contributed by atoms with Crippen LogP contribution in [-0.4, -0.2) is 35.4 Å². The Labute approximate surface area is 126 Å². The molecule has 0 aliphatic heterocycles. The van der Waals surface area contributed by atoms with Gasteiger partial charge in [0.25, 0.3) is 10.0 Å². The van der Waals surface area contributed by atoms with E-state index in [9.17, 15) is 8.42 Å². The number of halogens is 1. The van der Waals surface area contributed by atoms with Gasteiger partial charge in [-0.15, -0.1) is 0 Å².